The summed E-state index contributed by atoms with van der Waals surface area (Å²) in [6, 6.07) is 18.4. The molecule has 0 aliphatic carbocycles. The van der Waals surface area contributed by atoms with E-state index in [-0.39, 0.29) is 0 Å². The minimum atomic E-state index is 0.711. The van der Waals surface area contributed by atoms with Gasteiger partial charge in [-0.15, -0.1) is 0 Å². The predicted octanol–water partition coefficient (Wildman–Crippen LogP) is 3.97. The van der Waals surface area contributed by atoms with Gasteiger partial charge in [0.2, 0.25) is 0 Å². The SMILES string of the molecule is c1ccc2cc(Sc3nccc(-n4cccn4)n3)ccc2c1. The predicted molar refractivity (Wildman–Crippen MR) is 87.2 cm³/mol. The largest absolute Gasteiger partial charge is 0.231 e. The third kappa shape index (κ3) is 2.58. The van der Waals surface area contributed by atoms with Crippen molar-refractivity contribution in [2.45, 2.75) is 10.1 Å². The lowest BCUT2D eigenvalue weighted by Gasteiger charge is -2.04. The highest BCUT2D eigenvalue weighted by Gasteiger charge is 2.04. The lowest BCUT2D eigenvalue weighted by atomic mass is 10.1. The number of rotatable bonds is 3. The van der Waals surface area contributed by atoms with Gasteiger partial charge in [-0.05, 0) is 40.7 Å². The molecule has 22 heavy (non-hydrogen) atoms. The molecule has 0 radical (unpaired) electrons. The Morgan fingerprint density at radius 2 is 1.77 bits per heavy atom. The van der Waals surface area contributed by atoms with Crippen molar-refractivity contribution < 1.29 is 0 Å². The number of hydrogen-bond acceptors (Lipinski definition) is 4. The van der Waals surface area contributed by atoms with E-state index in [1.807, 2.05) is 30.5 Å². The van der Waals surface area contributed by atoms with E-state index in [0.717, 1.165) is 10.7 Å². The van der Waals surface area contributed by atoms with Crippen molar-refractivity contribution >= 4 is 22.5 Å². The maximum absolute atomic E-state index is 4.54. The molecule has 4 nitrogen and oxygen atoms in total. The lowest BCUT2D eigenvalue weighted by molar-refractivity contribution is 0.807. The zero-order chi connectivity index (χ0) is 14.8. The van der Waals surface area contributed by atoms with Gasteiger partial charge in [0, 0.05) is 29.6 Å². The van der Waals surface area contributed by atoms with Gasteiger partial charge in [0.1, 0.15) is 0 Å². The standard InChI is InChI=1S/C17H12N4S/c1-2-5-14-12-15(7-6-13(14)4-1)22-17-18-10-8-16(20-17)21-11-3-9-19-21/h1-12H. The molecule has 4 aromatic rings. The molecule has 106 valence electrons. The highest BCUT2D eigenvalue weighted by molar-refractivity contribution is 7.99. The summed E-state index contributed by atoms with van der Waals surface area (Å²) in [5.74, 6) is 0.767. The molecule has 5 heteroatoms. The van der Waals surface area contributed by atoms with Gasteiger partial charge < -0.3 is 0 Å². The van der Waals surface area contributed by atoms with E-state index in [1.54, 1.807) is 28.8 Å². The molecule has 0 saturated heterocycles. The van der Waals surface area contributed by atoms with Gasteiger partial charge >= 0.3 is 0 Å². The van der Waals surface area contributed by atoms with Crippen LogP contribution in [0.1, 0.15) is 0 Å². The fraction of sp³-hybridized carbons (Fsp3) is 0. The average molecular weight is 304 g/mol. The van der Waals surface area contributed by atoms with Gasteiger partial charge in [-0.25, -0.2) is 14.6 Å². The van der Waals surface area contributed by atoms with Crippen LogP contribution in [0, 0.1) is 0 Å². The maximum Gasteiger partial charge on any atom is 0.194 e. The molecule has 0 aliphatic rings. The molecule has 0 atom stereocenters. The molecule has 0 unspecified atom stereocenters. The van der Waals surface area contributed by atoms with Crippen molar-refractivity contribution in [2.75, 3.05) is 0 Å². The second-order valence-corrected chi connectivity index (χ2v) is 5.80. The molecular weight excluding hydrogens is 292 g/mol. The van der Waals surface area contributed by atoms with Crippen molar-refractivity contribution in [3.05, 3.63) is 73.2 Å². The van der Waals surface area contributed by atoms with E-state index in [4.69, 9.17) is 0 Å². The zero-order valence-corrected chi connectivity index (χ0v) is 12.4. The molecule has 4 rings (SSSR count). The van der Waals surface area contributed by atoms with Gasteiger partial charge in [0.05, 0.1) is 0 Å². The fourth-order valence-corrected chi connectivity index (χ4v) is 3.03. The number of nitrogens with zero attached hydrogens (tertiary/aromatic N) is 4. The number of fused-ring (bicyclic) bond motifs is 1. The van der Waals surface area contributed by atoms with Crippen LogP contribution in [0.4, 0.5) is 0 Å². The third-order valence-corrected chi connectivity index (χ3v) is 4.16. The van der Waals surface area contributed by atoms with Gasteiger partial charge in [-0.1, -0.05) is 30.3 Å². The number of benzene rings is 2. The zero-order valence-electron chi connectivity index (χ0n) is 11.6. The third-order valence-electron chi connectivity index (χ3n) is 3.29. The van der Waals surface area contributed by atoms with Crippen LogP contribution in [0.25, 0.3) is 16.6 Å². The second kappa shape index (κ2) is 5.61. The molecule has 0 saturated carbocycles. The molecular formula is C17H12N4S. The van der Waals surface area contributed by atoms with Crippen LogP contribution in [0.15, 0.2) is 83.2 Å². The highest BCUT2D eigenvalue weighted by atomic mass is 32.2. The van der Waals surface area contributed by atoms with Crippen molar-refractivity contribution in [2.24, 2.45) is 0 Å². The Balaban J connectivity index is 1.66. The summed E-state index contributed by atoms with van der Waals surface area (Å²) < 4.78 is 1.73. The smallest absolute Gasteiger partial charge is 0.194 e. The molecule has 0 spiro atoms. The van der Waals surface area contributed by atoms with Gasteiger partial charge in [-0.3, -0.25) is 0 Å². The minimum Gasteiger partial charge on any atom is -0.231 e. The second-order valence-electron chi connectivity index (χ2n) is 4.76. The molecule has 0 bridgehead atoms. The Morgan fingerprint density at radius 3 is 2.64 bits per heavy atom. The summed E-state index contributed by atoms with van der Waals surface area (Å²) in [4.78, 5) is 10.00. The number of hydrogen-bond donors (Lipinski definition) is 0. The Hall–Kier alpha value is -2.66. The van der Waals surface area contributed by atoms with Crippen LogP contribution >= 0.6 is 11.8 Å². The van der Waals surface area contributed by atoms with Crippen LogP contribution < -0.4 is 0 Å². The number of aromatic nitrogens is 4. The molecule has 2 aromatic heterocycles. The van der Waals surface area contributed by atoms with E-state index in [9.17, 15) is 0 Å². The van der Waals surface area contributed by atoms with E-state index in [0.29, 0.717) is 5.16 Å². The van der Waals surface area contributed by atoms with Crippen molar-refractivity contribution in [3.8, 4) is 5.82 Å². The van der Waals surface area contributed by atoms with Gasteiger partial charge in [0.25, 0.3) is 0 Å². The fourth-order valence-electron chi connectivity index (χ4n) is 2.25. The van der Waals surface area contributed by atoms with E-state index in [1.165, 1.54) is 10.8 Å². The van der Waals surface area contributed by atoms with E-state index < -0.39 is 0 Å². The first kappa shape index (κ1) is 13.0. The Bertz CT molecular complexity index is 919. The van der Waals surface area contributed by atoms with E-state index >= 15 is 0 Å². The normalized spacial score (nSPS) is 10.9. The van der Waals surface area contributed by atoms with Crippen molar-refractivity contribution in [1.29, 1.82) is 0 Å². The van der Waals surface area contributed by atoms with Crippen LogP contribution in [0.3, 0.4) is 0 Å². The van der Waals surface area contributed by atoms with Crippen LogP contribution in [-0.2, 0) is 0 Å². The Labute approximate surface area is 131 Å². The lowest BCUT2D eigenvalue weighted by Crippen LogP contribution is -1.99. The summed E-state index contributed by atoms with van der Waals surface area (Å²) in [5, 5.41) is 7.36. The molecule has 0 fully saturated rings. The topological polar surface area (TPSA) is 43.6 Å². The van der Waals surface area contributed by atoms with Crippen molar-refractivity contribution in [1.82, 2.24) is 19.7 Å². The monoisotopic (exact) mass is 304 g/mol. The maximum atomic E-state index is 4.54. The molecule has 2 aromatic carbocycles. The first-order valence-electron chi connectivity index (χ1n) is 6.88. The average Bonchev–Trinajstić information content (AvgIpc) is 3.10. The van der Waals surface area contributed by atoms with Crippen LogP contribution in [-0.4, -0.2) is 19.7 Å². The summed E-state index contributed by atoms with van der Waals surface area (Å²) in [6.07, 6.45) is 5.36. The first-order valence-corrected chi connectivity index (χ1v) is 7.70. The van der Waals surface area contributed by atoms with Gasteiger partial charge in [-0.2, -0.15) is 5.10 Å². The molecule has 0 amide bonds. The highest BCUT2D eigenvalue weighted by Crippen LogP contribution is 2.28. The van der Waals surface area contributed by atoms with Crippen LogP contribution in [0.2, 0.25) is 0 Å². The van der Waals surface area contributed by atoms with E-state index in [2.05, 4.69) is 45.4 Å². The summed E-state index contributed by atoms with van der Waals surface area (Å²) in [6.45, 7) is 0. The Morgan fingerprint density at radius 1 is 0.864 bits per heavy atom. The summed E-state index contributed by atoms with van der Waals surface area (Å²) in [5.41, 5.74) is 0. The Kier molecular flexibility index (Phi) is 3.33. The van der Waals surface area contributed by atoms with Gasteiger partial charge in [0.15, 0.2) is 11.0 Å². The van der Waals surface area contributed by atoms with Crippen LogP contribution in [0.5, 0.6) is 0 Å². The molecule has 2 heterocycles. The molecule has 0 N–H and O–H groups in total. The summed E-state index contributed by atoms with van der Waals surface area (Å²) in [7, 11) is 0. The molecule has 0 aliphatic heterocycles. The van der Waals surface area contributed by atoms with Crippen molar-refractivity contribution in [3.63, 3.8) is 0 Å². The minimum absolute atomic E-state index is 0.711. The first-order chi connectivity index (χ1) is 10.9. The summed E-state index contributed by atoms with van der Waals surface area (Å²) >= 11 is 1.55. The quantitative estimate of drug-likeness (QED) is 0.537.